The predicted molar refractivity (Wildman–Crippen MR) is 86.3 cm³/mol. The van der Waals surface area contributed by atoms with Crippen molar-refractivity contribution in [1.29, 1.82) is 0 Å². The number of carbonyl (C=O) groups is 1. The van der Waals surface area contributed by atoms with Crippen molar-refractivity contribution < 1.29 is 19.4 Å². The molecule has 2 aliphatic heterocycles. The minimum atomic E-state index is -0.824. The molecular formula is C14H15FN2O3S2. The van der Waals surface area contributed by atoms with Crippen LogP contribution in [-0.4, -0.2) is 62.1 Å². The van der Waals surface area contributed by atoms with Gasteiger partial charge < -0.3 is 10.2 Å². The van der Waals surface area contributed by atoms with E-state index < -0.39 is 17.8 Å². The van der Waals surface area contributed by atoms with Gasteiger partial charge in [-0.15, -0.1) is 23.5 Å². The number of aliphatic carboxylic acids is 1. The second-order valence-electron chi connectivity index (χ2n) is 5.22. The summed E-state index contributed by atoms with van der Waals surface area (Å²) in [5.74, 6) is -0.00925. The number of benzene rings is 1. The molecule has 3 atom stereocenters. The zero-order chi connectivity index (χ0) is 15.9. The second kappa shape index (κ2) is 6.10. The average molecular weight is 342 g/mol. The van der Waals surface area contributed by atoms with E-state index in [-0.39, 0.29) is 17.2 Å². The maximum atomic E-state index is 13.3. The molecule has 5 nitrogen and oxygen atoms in total. The lowest BCUT2D eigenvalue weighted by molar-refractivity contribution is -0.141. The maximum absolute atomic E-state index is 13.3. The van der Waals surface area contributed by atoms with E-state index in [1.54, 1.807) is 18.8 Å². The number of phenols is 1. The molecule has 0 saturated carbocycles. The van der Waals surface area contributed by atoms with Gasteiger partial charge in [-0.3, -0.25) is 14.7 Å². The molecule has 2 unspecified atom stereocenters. The average Bonchev–Trinajstić information content (AvgIpc) is 3.07. The van der Waals surface area contributed by atoms with Crippen molar-refractivity contribution in [3.8, 4) is 5.75 Å². The first-order chi connectivity index (χ1) is 10.5. The summed E-state index contributed by atoms with van der Waals surface area (Å²) >= 11 is 3.04. The van der Waals surface area contributed by atoms with E-state index in [2.05, 4.69) is 4.99 Å². The molecule has 1 fully saturated rings. The van der Waals surface area contributed by atoms with Crippen LogP contribution >= 0.6 is 23.5 Å². The molecule has 0 bridgehead atoms. The summed E-state index contributed by atoms with van der Waals surface area (Å²) in [6, 6.07) is 3.23. The maximum Gasteiger partial charge on any atom is 0.321 e. The number of carboxylic acids is 1. The van der Waals surface area contributed by atoms with Gasteiger partial charge >= 0.3 is 5.97 Å². The lowest BCUT2D eigenvalue weighted by atomic mass is 10.2. The largest absolute Gasteiger partial charge is 0.507 e. The lowest BCUT2D eigenvalue weighted by Crippen LogP contribution is -2.42. The summed E-state index contributed by atoms with van der Waals surface area (Å²) in [5, 5.41) is 19.6. The number of hydrogen-bond acceptors (Lipinski definition) is 6. The fourth-order valence-electron chi connectivity index (χ4n) is 2.59. The minimum absolute atomic E-state index is 0.00384. The topological polar surface area (TPSA) is 73.1 Å². The fourth-order valence-corrected chi connectivity index (χ4v) is 5.35. The number of rotatable bonds is 3. The zero-order valence-electron chi connectivity index (χ0n) is 11.8. The monoisotopic (exact) mass is 342 g/mol. The molecule has 0 amide bonds. The minimum Gasteiger partial charge on any atom is -0.507 e. The van der Waals surface area contributed by atoms with Gasteiger partial charge in [-0.25, -0.2) is 4.39 Å². The van der Waals surface area contributed by atoms with Crippen LogP contribution in [0.5, 0.6) is 5.75 Å². The number of carboxylic acid groups (broad SMARTS) is 1. The van der Waals surface area contributed by atoms with Crippen LogP contribution in [0.3, 0.4) is 0 Å². The summed E-state index contributed by atoms with van der Waals surface area (Å²) in [7, 11) is 1.79. The van der Waals surface area contributed by atoms with Crippen molar-refractivity contribution in [3.05, 3.63) is 29.6 Å². The molecule has 8 heteroatoms. The standard InChI is InChI=1S/C14H15FN2O3S2/c1-17-10(14(19)20)6-22-13(17)9-5-21-12(16-9)8-4-7(15)2-3-11(8)18/h2-4,9-10,13,18H,5-6H2,1H3,(H,19,20)/t9?,10-,13?/m1/s1. The van der Waals surface area contributed by atoms with Crippen molar-refractivity contribution in [3.63, 3.8) is 0 Å². The van der Waals surface area contributed by atoms with Crippen molar-refractivity contribution in [2.24, 2.45) is 4.99 Å². The van der Waals surface area contributed by atoms with Crippen LogP contribution in [-0.2, 0) is 4.79 Å². The van der Waals surface area contributed by atoms with Gasteiger partial charge in [-0.1, -0.05) is 0 Å². The number of phenolic OH excluding ortho intramolecular Hbond substituents is 1. The Morgan fingerprint density at radius 1 is 1.45 bits per heavy atom. The molecule has 0 aliphatic carbocycles. The second-order valence-corrected chi connectivity index (χ2v) is 7.38. The van der Waals surface area contributed by atoms with Gasteiger partial charge in [0.25, 0.3) is 0 Å². The molecule has 1 aromatic carbocycles. The normalized spacial score (nSPS) is 28.8. The first-order valence-corrected chi connectivity index (χ1v) is 8.76. The van der Waals surface area contributed by atoms with E-state index in [9.17, 15) is 19.4 Å². The molecule has 22 heavy (non-hydrogen) atoms. The Morgan fingerprint density at radius 2 is 2.23 bits per heavy atom. The Kier molecular flexibility index (Phi) is 4.33. The molecule has 3 rings (SSSR count). The van der Waals surface area contributed by atoms with Gasteiger partial charge in [0.2, 0.25) is 0 Å². The first-order valence-electron chi connectivity index (χ1n) is 6.73. The van der Waals surface area contributed by atoms with E-state index in [0.29, 0.717) is 22.1 Å². The van der Waals surface area contributed by atoms with E-state index in [4.69, 9.17) is 0 Å². The molecule has 0 aromatic heterocycles. The van der Waals surface area contributed by atoms with Crippen molar-refractivity contribution >= 4 is 34.5 Å². The van der Waals surface area contributed by atoms with Gasteiger partial charge in [0, 0.05) is 11.5 Å². The van der Waals surface area contributed by atoms with Crippen LogP contribution < -0.4 is 0 Å². The van der Waals surface area contributed by atoms with Gasteiger partial charge in [0.1, 0.15) is 22.7 Å². The highest BCUT2D eigenvalue weighted by Gasteiger charge is 2.41. The number of likely N-dealkylation sites (N-methyl/N-ethyl adjacent to an activating group) is 1. The quantitative estimate of drug-likeness (QED) is 0.873. The fraction of sp³-hybridized carbons (Fsp3) is 0.429. The van der Waals surface area contributed by atoms with Crippen molar-refractivity contribution in [2.45, 2.75) is 17.5 Å². The summed E-state index contributed by atoms with van der Waals surface area (Å²) in [5.41, 5.74) is 0.396. The van der Waals surface area contributed by atoms with Gasteiger partial charge in [-0.05, 0) is 25.2 Å². The van der Waals surface area contributed by atoms with Crippen LogP contribution in [0.4, 0.5) is 4.39 Å². The molecule has 0 radical (unpaired) electrons. The Hall–Kier alpha value is -1.25. The Bertz CT molecular complexity index is 641. The van der Waals surface area contributed by atoms with Crippen LogP contribution in [0.15, 0.2) is 23.2 Å². The first kappa shape index (κ1) is 15.6. The molecule has 1 aromatic rings. The van der Waals surface area contributed by atoms with Gasteiger partial charge in [-0.2, -0.15) is 0 Å². The Morgan fingerprint density at radius 3 is 2.91 bits per heavy atom. The van der Waals surface area contributed by atoms with Crippen LogP contribution in [0.25, 0.3) is 0 Å². The highest BCUT2D eigenvalue weighted by molar-refractivity contribution is 8.14. The highest BCUT2D eigenvalue weighted by atomic mass is 32.2. The predicted octanol–water partition coefficient (Wildman–Crippen LogP) is 1.85. The van der Waals surface area contributed by atoms with E-state index in [1.165, 1.54) is 30.0 Å². The van der Waals surface area contributed by atoms with Crippen LogP contribution in [0.1, 0.15) is 5.56 Å². The van der Waals surface area contributed by atoms with Gasteiger partial charge in [0.15, 0.2) is 0 Å². The number of aliphatic imine (C=N–C) groups is 1. The summed E-state index contributed by atoms with van der Waals surface area (Å²) in [6.45, 7) is 0. The number of hydrogen-bond donors (Lipinski definition) is 2. The van der Waals surface area contributed by atoms with E-state index in [0.717, 1.165) is 0 Å². The molecule has 2 aliphatic rings. The Labute approximate surface area is 135 Å². The number of thioether (sulfide) groups is 2. The smallest absolute Gasteiger partial charge is 0.321 e. The summed E-state index contributed by atoms with van der Waals surface area (Å²) < 4.78 is 13.3. The zero-order valence-corrected chi connectivity index (χ0v) is 13.4. The molecule has 1 saturated heterocycles. The summed E-state index contributed by atoms with van der Waals surface area (Å²) in [4.78, 5) is 17.6. The van der Waals surface area contributed by atoms with E-state index >= 15 is 0 Å². The molecule has 0 spiro atoms. The van der Waals surface area contributed by atoms with Crippen LogP contribution in [0.2, 0.25) is 0 Å². The molecular weight excluding hydrogens is 327 g/mol. The highest BCUT2D eigenvalue weighted by Crippen LogP contribution is 2.37. The number of nitrogens with zero attached hydrogens (tertiary/aromatic N) is 2. The third-order valence-corrected chi connectivity index (χ3v) is 6.40. The molecule has 2 heterocycles. The Balaban J connectivity index is 1.80. The molecule has 2 N–H and O–H groups in total. The van der Waals surface area contributed by atoms with Crippen molar-refractivity contribution in [1.82, 2.24) is 4.90 Å². The van der Waals surface area contributed by atoms with Gasteiger partial charge in [0.05, 0.1) is 17.0 Å². The van der Waals surface area contributed by atoms with Crippen LogP contribution in [0, 0.1) is 5.82 Å². The third kappa shape index (κ3) is 2.82. The summed E-state index contributed by atoms with van der Waals surface area (Å²) in [6.07, 6.45) is 0. The number of aromatic hydroxyl groups is 1. The SMILES string of the molecule is CN1C(C2CSC(c3cc(F)ccc3O)=N2)SC[C@@H]1C(=O)O. The van der Waals surface area contributed by atoms with E-state index in [1.807, 2.05) is 4.90 Å². The molecule has 118 valence electrons. The number of halogens is 1. The van der Waals surface area contributed by atoms with Crippen molar-refractivity contribution in [2.75, 3.05) is 18.6 Å². The third-order valence-electron chi connectivity index (χ3n) is 3.79. The lowest BCUT2D eigenvalue weighted by Gasteiger charge is -2.24.